The fourth-order valence-electron chi connectivity index (χ4n) is 5.95. The molecule has 1 aromatic heterocycles. The smallest absolute Gasteiger partial charge is 0.338 e. The van der Waals surface area contributed by atoms with Gasteiger partial charge in [0.15, 0.2) is 6.29 Å². The number of hydrogen-bond acceptors (Lipinski definition) is 5. The average Bonchev–Trinajstić information content (AvgIpc) is 3.14. The van der Waals surface area contributed by atoms with E-state index in [1.165, 1.54) is 12.7 Å². The Morgan fingerprint density at radius 1 is 1.30 bits per heavy atom. The molecule has 0 aliphatic carbocycles. The van der Waals surface area contributed by atoms with Crippen LogP contribution in [0.25, 0.3) is 10.9 Å². The van der Waals surface area contributed by atoms with Gasteiger partial charge in [-0.15, -0.1) is 0 Å². The Balaban J connectivity index is 1.93. The van der Waals surface area contributed by atoms with E-state index in [4.69, 9.17) is 14.2 Å². The summed E-state index contributed by atoms with van der Waals surface area (Å²) in [5.74, 6) is -0.598. The van der Waals surface area contributed by atoms with Crippen LogP contribution in [0.15, 0.2) is 35.9 Å². The van der Waals surface area contributed by atoms with Crippen molar-refractivity contribution in [3.63, 3.8) is 0 Å². The lowest BCUT2D eigenvalue weighted by Gasteiger charge is -2.54. The fraction of sp³-hybridized carbons (Fsp3) is 0.478. The summed E-state index contributed by atoms with van der Waals surface area (Å²) in [6.07, 6.45) is 3.52. The van der Waals surface area contributed by atoms with E-state index < -0.39 is 11.8 Å². The van der Waals surface area contributed by atoms with Crippen LogP contribution in [0.3, 0.4) is 0 Å². The maximum absolute atomic E-state index is 13.6. The first-order chi connectivity index (χ1) is 14.6. The summed E-state index contributed by atoms with van der Waals surface area (Å²) in [6.45, 7) is 3.01. The van der Waals surface area contributed by atoms with E-state index in [0.717, 1.165) is 35.0 Å². The second-order valence-electron chi connectivity index (χ2n) is 8.17. The molecule has 0 radical (unpaired) electrons. The molecule has 7 heteroatoms. The number of allylic oxidation sites excluding steroid dienone is 1. The van der Waals surface area contributed by atoms with E-state index in [0.29, 0.717) is 19.6 Å². The Hall–Kier alpha value is -2.64. The summed E-state index contributed by atoms with van der Waals surface area (Å²) in [5, 5.41) is 1.11. The Bertz CT molecular complexity index is 1060. The number of esters is 1. The van der Waals surface area contributed by atoms with Gasteiger partial charge in [0.05, 0.1) is 19.8 Å². The number of hydrogen-bond donors (Lipinski definition) is 0. The third-order valence-corrected chi connectivity index (χ3v) is 7.16. The number of nitrogens with zero attached hydrogens (tertiary/aromatic N) is 2. The molecule has 0 unspecified atom stereocenters. The molecule has 30 heavy (non-hydrogen) atoms. The van der Waals surface area contributed by atoms with Crippen molar-refractivity contribution in [2.75, 3.05) is 27.4 Å². The molecule has 5 rings (SSSR count). The van der Waals surface area contributed by atoms with E-state index in [1.54, 1.807) is 7.11 Å². The van der Waals surface area contributed by atoms with Crippen molar-refractivity contribution in [3.8, 4) is 0 Å². The molecule has 1 saturated heterocycles. The Labute approximate surface area is 175 Å². The SMILES string of the molecule is C/C=C1/CO[C@@H](OC)[C@]2(C(=O)OC)[C@H]1C[C@H]1c3c(c4ccccc4n32)CCN1C=O. The molecule has 3 aliphatic heterocycles. The predicted octanol–water partition coefficient (Wildman–Crippen LogP) is 2.53. The van der Waals surface area contributed by atoms with Crippen LogP contribution in [-0.2, 0) is 35.8 Å². The van der Waals surface area contributed by atoms with Gasteiger partial charge in [-0.1, -0.05) is 24.3 Å². The summed E-state index contributed by atoms with van der Waals surface area (Å²) < 4.78 is 19.3. The van der Waals surface area contributed by atoms with Gasteiger partial charge in [-0.25, -0.2) is 4.79 Å². The lowest BCUT2D eigenvalue weighted by Crippen LogP contribution is -2.65. The Morgan fingerprint density at radius 2 is 2.10 bits per heavy atom. The molecule has 4 atom stereocenters. The molecule has 4 heterocycles. The minimum absolute atomic E-state index is 0.105. The van der Waals surface area contributed by atoms with Crippen molar-refractivity contribution in [1.82, 2.24) is 9.47 Å². The lowest BCUT2D eigenvalue weighted by atomic mass is 9.68. The number of amides is 1. The molecule has 3 aliphatic rings. The molecule has 0 bridgehead atoms. The zero-order valence-electron chi connectivity index (χ0n) is 17.5. The standard InChI is InChI=1S/C23H26N2O5/c1-4-14-12-30-22(29-3)23(21(27)28-2)17(14)11-19-20-16(9-10-24(19)13-26)15-7-5-6-8-18(15)25(20)23/h4-8,13,17,19,22H,9-12H2,1-3H3/b14-4-/t17-,19-,22+,23+/m0/s1. The van der Waals surface area contributed by atoms with E-state index in [1.807, 2.05) is 36.1 Å². The molecule has 1 fully saturated rings. The van der Waals surface area contributed by atoms with Gasteiger partial charge in [0.2, 0.25) is 11.9 Å². The highest BCUT2D eigenvalue weighted by Gasteiger charge is 2.64. The monoisotopic (exact) mass is 410 g/mol. The van der Waals surface area contributed by atoms with E-state index in [2.05, 4.69) is 10.6 Å². The highest BCUT2D eigenvalue weighted by Crippen LogP contribution is 2.56. The summed E-state index contributed by atoms with van der Waals surface area (Å²) in [6, 6.07) is 8.00. The fourth-order valence-corrected chi connectivity index (χ4v) is 5.95. The first kappa shape index (κ1) is 19.3. The second-order valence-corrected chi connectivity index (χ2v) is 8.17. The number of para-hydroxylation sites is 1. The van der Waals surface area contributed by atoms with Crippen molar-refractivity contribution < 1.29 is 23.8 Å². The van der Waals surface area contributed by atoms with Crippen LogP contribution < -0.4 is 0 Å². The highest BCUT2D eigenvalue weighted by atomic mass is 16.7. The second kappa shape index (κ2) is 6.96. The average molecular weight is 410 g/mol. The number of benzene rings is 1. The molecular formula is C23H26N2O5. The summed E-state index contributed by atoms with van der Waals surface area (Å²) in [5.41, 5.74) is 2.96. The molecular weight excluding hydrogens is 384 g/mol. The van der Waals surface area contributed by atoms with Crippen LogP contribution in [-0.4, -0.2) is 55.5 Å². The van der Waals surface area contributed by atoms with Crippen LogP contribution in [0.5, 0.6) is 0 Å². The quantitative estimate of drug-likeness (QED) is 0.442. The molecule has 158 valence electrons. The normalized spacial score (nSPS) is 31.4. The van der Waals surface area contributed by atoms with Gasteiger partial charge >= 0.3 is 5.97 Å². The molecule has 1 amide bonds. The number of ether oxygens (including phenoxy) is 3. The van der Waals surface area contributed by atoms with Gasteiger partial charge in [0.1, 0.15) is 0 Å². The maximum Gasteiger partial charge on any atom is 0.338 e. The van der Waals surface area contributed by atoms with Crippen molar-refractivity contribution in [2.45, 2.75) is 37.6 Å². The van der Waals surface area contributed by atoms with Gasteiger partial charge in [0, 0.05) is 36.2 Å². The number of carbonyl (C=O) groups excluding carboxylic acids is 2. The van der Waals surface area contributed by atoms with Gasteiger partial charge in [-0.3, -0.25) is 4.79 Å². The molecule has 1 aromatic carbocycles. The van der Waals surface area contributed by atoms with Crippen LogP contribution >= 0.6 is 0 Å². The molecule has 7 nitrogen and oxygen atoms in total. The minimum Gasteiger partial charge on any atom is -0.467 e. The van der Waals surface area contributed by atoms with Crippen molar-refractivity contribution in [2.24, 2.45) is 5.92 Å². The maximum atomic E-state index is 13.6. The third-order valence-electron chi connectivity index (χ3n) is 7.16. The van der Waals surface area contributed by atoms with Crippen molar-refractivity contribution in [1.29, 1.82) is 0 Å². The van der Waals surface area contributed by atoms with Gasteiger partial charge in [-0.2, -0.15) is 0 Å². The minimum atomic E-state index is -1.20. The first-order valence-electron chi connectivity index (χ1n) is 10.3. The topological polar surface area (TPSA) is 70.0 Å². The van der Waals surface area contributed by atoms with Crippen LogP contribution in [0.1, 0.15) is 30.6 Å². The number of fused-ring (bicyclic) bond motifs is 5. The van der Waals surface area contributed by atoms with Crippen molar-refractivity contribution >= 4 is 23.3 Å². The molecule has 0 spiro atoms. The van der Waals surface area contributed by atoms with Gasteiger partial charge in [-0.05, 0) is 37.0 Å². The third kappa shape index (κ3) is 2.22. The lowest BCUT2D eigenvalue weighted by molar-refractivity contribution is -0.230. The zero-order chi connectivity index (χ0) is 21.0. The van der Waals surface area contributed by atoms with Crippen LogP contribution in [0.4, 0.5) is 0 Å². The van der Waals surface area contributed by atoms with Crippen molar-refractivity contribution in [3.05, 3.63) is 47.2 Å². The van der Waals surface area contributed by atoms with Crippen LogP contribution in [0, 0.1) is 5.92 Å². The largest absolute Gasteiger partial charge is 0.467 e. The summed E-state index contributed by atoms with van der Waals surface area (Å²) in [4.78, 5) is 27.4. The molecule has 0 saturated carbocycles. The molecule has 0 N–H and O–H groups in total. The number of rotatable bonds is 3. The summed E-state index contributed by atoms with van der Waals surface area (Å²) >= 11 is 0. The Kier molecular flexibility index (Phi) is 4.48. The van der Waals surface area contributed by atoms with Gasteiger partial charge < -0.3 is 23.7 Å². The Morgan fingerprint density at radius 3 is 2.80 bits per heavy atom. The number of aromatic nitrogens is 1. The van der Waals surface area contributed by atoms with E-state index >= 15 is 0 Å². The van der Waals surface area contributed by atoms with E-state index in [-0.39, 0.29) is 17.9 Å². The predicted molar refractivity (Wildman–Crippen MR) is 110 cm³/mol. The van der Waals surface area contributed by atoms with E-state index in [9.17, 15) is 9.59 Å². The number of methoxy groups -OCH3 is 2. The highest BCUT2D eigenvalue weighted by molar-refractivity contribution is 5.91. The number of carbonyl (C=O) groups is 2. The summed E-state index contributed by atoms with van der Waals surface area (Å²) in [7, 11) is 2.97. The zero-order valence-corrected chi connectivity index (χ0v) is 17.5. The first-order valence-corrected chi connectivity index (χ1v) is 10.3. The molecule has 2 aromatic rings. The van der Waals surface area contributed by atoms with Gasteiger partial charge in [0.25, 0.3) is 0 Å². The van der Waals surface area contributed by atoms with Crippen LogP contribution in [0.2, 0.25) is 0 Å².